The average molecular weight is 386 g/mol. The van der Waals surface area contributed by atoms with E-state index in [1.807, 2.05) is 29.1 Å². The maximum atomic E-state index is 8.70. The summed E-state index contributed by atoms with van der Waals surface area (Å²) in [5.41, 5.74) is 2.29. The Kier molecular flexibility index (Phi) is 14.5. The van der Waals surface area contributed by atoms with Gasteiger partial charge in [-0.2, -0.15) is 0 Å². The predicted octanol–water partition coefficient (Wildman–Crippen LogP) is 3.98. The van der Waals surface area contributed by atoms with Gasteiger partial charge in [-0.1, -0.05) is 61.2 Å². The normalized spacial score (nSPS) is 10.2. The number of aliphatic hydroxyl groups is 2. The molecule has 1 aromatic carbocycles. The molecule has 0 saturated carbocycles. The molecule has 2 rings (SSSR count). The van der Waals surface area contributed by atoms with Crippen LogP contribution in [0.5, 0.6) is 0 Å². The average Bonchev–Trinajstić information content (AvgIpc) is 3.16. The minimum Gasteiger partial charge on any atom is -0.396 e. The summed E-state index contributed by atoms with van der Waals surface area (Å²) in [5, 5.41) is 25.4. The maximum Gasteiger partial charge on any atom is 0.0827 e. The molecule has 1 heterocycles. The lowest BCUT2D eigenvalue weighted by atomic mass is 10.1. The van der Waals surface area contributed by atoms with Crippen molar-refractivity contribution in [2.24, 2.45) is 0 Å². The largest absolute Gasteiger partial charge is 0.396 e. The first-order valence-electron chi connectivity index (χ1n) is 10.4. The quantitative estimate of drug-likeness (QED) is 0.404. The highest BCUT2D eigenvalue weighted by Crippen LogP contribution is 2.07. The molecule has 0 saturated heterocycles. The Morgan fingerprint density at radius 1 is 0.857 bits per heavy atom. The van der Waals surface area contributed by atoms with Crippen molar-refractivity contribution < 1.29 is 10.2 Å². The van der Waals surface area contributed by atoms with E-state index >= 15 is 0 Å². The molecule has 154 valence electrons. The number of terminal acetylenes is 1. The molecule has 0 unspecified atom stereocenters. The van der Waals surface area contributed by atoms with Gasteiger partial charge in [0.25, 0.3) is 0 Å². The Morgan fingerprint density at radius 3 is 2.14 bits per heavy atom. The molecule has 1 aromatic heterocycles. The Balaban J connectivity index is 0.000000370. The van der Waals surface area contributed by atoms with Crippen molar-refractivity contribution >= 4 is 0 Å². The summed E-state index contributed by atoms with van der Waals surface area (Å²) in [6, 6.07) is 10.3. The van der Waals surface area contributed by atoms with Crippen LogP contribution in [0.15, 0.2) is 36.5 Å². The molecule has 0 radical (unpaired) electrons. The number of hydrogen-bond acceptors (Lipinski definition) is 4. The first-order valence-corrected chi connectivity index (χ1v) is 10.4. The zero-order valence-corrected chi connectivity index (χ0v) is 17.0. The van der Waals surface area contributed by atoms with Crippen LogP contribution in [-0.2, 0) is 13.0 Å². The molecule has 0 aliphatic rings. The van der Waals surface area contributed by atoms with Gasteiger partial charge in [0, 0.05) is 25.8 Å². The topological polar surface area (TPSA) is 71.2 Å². The van der Waals surface area contributed by atoms with Crippen LogP contribution in [0.1, 0.15) is 69.0 Å². The number of unbranched alkanes of at least 4 members (excludes halogenated alkanes) is 7. The zero-order valence-electron chi connectivity index (χ0n) is 17.0. The van der Waals surface area contributed by atoms with Gasteiger partial charge >= 0.3 is 0 Å². The van der Waals surface area contributed by atoms with Crippen LogP contribution in [0.2, 0.25) is 0 Å². The summed E-state index contributed by atoms with van der Waals surface area (Å²) in [5.74, 6) is 2.58. The number of aromatic nitrogens is 3. The molecule has 5 nitrogen and oxygen atoms in total. The van der Waals surface area contributed by atoms with Gasteiger partial charge < -0.3 is 10.2 Å². The van der Waals surface area contributed by atoms with E-state index < -0.39 is 0 Å². The number of aliphatic hydroxyl groups excluding tert-OH is 2. The Labute approximate surface area is 169 Å². The van der Waals surface area contributed by atoms with Crippen LogP contribution in [0, 0.1) is 12.3 Å². The lowest BCUT2D eigenvalue weighted by Crippen LogP contribution is -1.99. The van der Waals surface area contributed by atoms with Crippen molar-refractivity contribution in [3.05, 3.63) is 47.8 Å². The lowest BCUT2D eigenvalue weighted by molar-refractivity contribution is 0.282. The molecule has 0 atom stereocenters. The summed E-state index contributed by atoms with van der Waals surface area (Å²) in [4.78, 5) is 0. The number of rotatable bonds is 13. The van der Waals surface area contributed by atoms with E-state index in [4.69, 9.17) is 16.6 Å². The van der Waals surface area contributed by atoms with Crippen molar-refractivity contribution in [3.63, 3.8) is 0 Å². The molecule has 0 fully saturated rings. The highest BCUT2D eigenvalue weighted by Gasteiger charge is 2.01. The maximum absolute atomic E-state index is 8.70. The fourth-order valence-corrected chi connectivity index (χ4v) is 2.76. The minimum atomic E-state index is 0.299. The molecule has 0 bridgehead atoms. The number of nitrogens with zero attached hydrogens (tertiary/aromatic N) is 3. The highest BCUT2D eigenvalue weighted by molar-refractivity contribution is 5.14. The zero-order chi connectivity index (χ0) is 20.3. The van der Waals surface area contributed by atoms with E-state index in [0.717, 1.165) is 76.4 Å². The monoisotopic (exact) mass is 385 g/mol. The van der Waals surface area contributed by atoms with Crippen LogP contribution >= 0.6 is 0 Å². The van der Waals surface area contributed by atoms with Crippen molar-refractivity contribution in [3.8, 4) is 12.3 Å². The van der Waals surface area contributed by atoms with E-state index in [1.165, 1.54) is 5.56 Å². The third-order valence-electron chi connectivity index (χ3n) is 4.34. The van der Waals surface area contributed by atoms with Gasteiger partial charge in [-0.25, -0.2) is 4.68 Å². The summed E-state index contributed by atoms with van der Waals surface area (Å²) < 4.78 is 1.89. The van der Waals surface area contributed by atoms with Gasteiger partial charge in [0.15, 0.2) is 0 Å². The van der Waals surface area contributed by atoms with E-state index in [1.54, 1.807) is 0 Å². The molecule has 28 heavy (non-hydrogen) atoms. The summed E-state index contributed by atoms with van der Waals surface area (Å²) in [6.45, 7) is 1.39. The van der Waals surface area contributed by atoms with Crippen LogP contribution < -0.4 is 0 Å². The molecule has 0 aliphatic carbocycles. The second-order valence-electron chi connectivity index (χ2n) is 6.87. The summed E-state index contributed by atoms with van der Waals surface area (Å²) in [7, 11) is 0. The van der Waals surface area contributed by atoms with Gasteiger partial charge in [-0.05, 0) is 37.7 Å². The Bertz CT molecular complexity index is 635. The van der Waals surface area contributed by atoms with Gasteiger partial charge in [-0.3, -0.25) is 0 Å². The van der Waals surface area contributed by atoms with Crippen molar-refractivity contribution in [2.45, 2.75) is 70.8 Å². The second kappa shape index (κ2) is 17.0. The third-order valence-corrected chi connectivity index (χ3v) is 4.34. The predicted molar refractivity (Wildman–Crippen MR) is 114 cm³/mol. The highest BCUT2D eigenvalue weighted by atomic mass is 16.3. The van der Waals surface area contributed by atoms with Gasteiger partial charge in [-0.15, -0.1) is 17.4 Å². The second-order valence-corrected chi connectivity index (χ2v) is 6.87. The van der Waals surface area contributed by atoms with Crippen LogP contribution in [0.25, 0.3) is 0 Å². The van der Waals surface area contributed by atoms with Crippen LogP contribution in [0.4, 0.5) is 0 Å². The summed E-state index contributed by atoms with van der Waals surface area (Å²) >= 11 is 0. The van der Waals surface area contributed by atoms with Crippen molar-refractivity contribution in [2.75, 3.05) is 13.2 Å². The van der Waals surface area contributed by atoms with E-state index in [9.17, 15) is 0 Å². The van der Waals surface area contributed by atoms with Crippen molar-refractivity contribution in [1.82, 2.24) is 15.0 Å². The molecule has 2 aromatic rings. The van der Waals surface area contributed by atoms with Gasteiger partial charge in [0.1, 0.15) is 0 Å². The first-order chi connectivity index (χ1) is 13.8. The summed E-state index contributed by atoms with van der Waals surface area (Å²) in [6.07, 6.45) is 17.5. The minimum absolute atomic E-state index is 0.299. The third kappa shape index (κ3) is 12.3. The van der Waals surface area contributed by atoms with Crippen LogP contribution in [0.3, 0.4) is 0 Å². The van der Waals surface area contributed by atoms with Crippen molar-refractivity contribution in [1.29, 1.82) is 0 Å². The van der Waals surface area contributed by atoms with Crippen LogP contribution in [-0.4, -0.2) is 38.4 Å². The number of benzene rings is 1. The molecule has 0 aliphatic heterocycles. The van der Waals surface area contributed by atoms with E-state index in [0.29, 0.717) is 13.2 Å². The SMILES string of the molecule is C#CCCCCCCO.OCCCCCCc1cn(Cc2ccccc2)nn1. The molecule has 2 N–H and O–H groups in total. The fourth-order valence-electron chi connectivity index (χ4n) is 2.76. The smallest absolute Gasteiger partial charge is 0.0827 e. The van der Waals surface area contributed by atoms with E-state index in [2.05, 4.69) is 28.4 Å². The molecule has 0 spiro atoms. The lowest BCUT2D eigenvalue weighted by Gasteiger charge is -1.99. The fraction of sp³-hybridized carbons (Fsp3) is 0.565. The Morgan fingerprint density at radius 2 is 1.50 bits per heavy atom. The Hall–Kier alpha value is -2.16. The first kappa shape index (κ1) is 23.9. The van der Waals surface area contributed by atoms with E-state index in [-0.39, 0.29) is 0 Å². The standard InChI is InChI=1S/C15H21N3O.C8H14O/c19-11-7-2-1-6-10-15-13-18(17-16-15)12-14-8-4-3-5-9-14;1-2-3-4-5-6-7-8-9/h3-5,8-9,13,19H,1-2,6-7,10-12H2;1,9H,3-8H2. The molecule has 0 amide bonds. The van der Waals surface area contributed by atoms with Gasteiger partial charge in [0.2, 0.25) is 0 Å². The molecular formula is C23H35N3O2. The number of hydrogen-bond donors (Lipinski definition) is 2. The molecule has 5 heteroatoms. The van der Waals surface area contributed by atoms with Gasteiger partial charge in [0.05, 0.1) is 12.2 Å². The molecular weight excluding hydrogens is 350 g/mol. The number of aryl methyl sites for hydroxylation is 1.